The lowest BCUT2D eigenvalue weighted by Gasteiger charge is -2.34. The quantitative estimate of drug-likeness (QED) is 0.320. The van der Waals surface area contributed by atoms with Crippen molar-refractivity contribution in [3.8, 4) is 5.75 Å². The maximum atomic E-state index is 13.5. The van der Waals surface area contributed by atoms with E-state index in [4.69, 9.17) is 16.3 Å². The molecule has 0 heterocycles. The third-order valence-electron chi connectivity index (χ3n) is 7.28. The Hall–Kier alpha value is -3.26. The molecule has 0 aromatic heterocycles. The van der Waals surface area contributed by atoms with Crippen molar-refractivity contribution < 1.29 is 32.6 Å². The molecule has 0 aliphatic heterocycles. The molecular weight excluding hydrogens is 507 g/mol. The smallest absolute Gasteiger partial charge is 0.416 e. The van der Waals surface area contributed by atoms with Crippen molar-refractivity contribution in [1.82, 2.24) is 5.32 Å². The topological polar surface area (TPSA) is 75.6 Å². The van der Waals surface area contributed by atoms with E-state index in [0.717, 1.165) is 30.4 Å². The number of ether oxygens (including phenoxy) is 1. The summed E-state index contributed by atoms with van der Waals surface area (Å²) in [6, 6.07) is 11.8. The highest BCUT2D eigenvalue weighted by atomic mass is 35.5. The van der Waals surface area contributed by atoms with Crippen molar-refractivity contribution in [2.45, 2.75) is 57.9 Å². The Bertz CT molecular complexity index is 1300. The average molecular weight is 534 g/mol. The van der Waals surface area contributed by atoms with E-state index in [1.165, 1.54) is 12.1 Å². The van der Waals surface area contributed by atoms with Crippen LogP contribution in [0.2, 0.25) is 5.02 Å². The molecule has 196 valence electrons. The molecular formula is C28H27ClF3NO4. The number of benzene rings is 3. The number of hydrogen-bond acceptors (Lipinski definition) is 3. The maximum Gasteiger partial charge on any atom is 0.416 e. The van der Waals surface area contributed by atoms with E-state index in [1.54, 1.807) is 30.3 Å². The Balaban J connectivity index is 1.67. The lowest BCUT2D eigenvalue weighted by Crippen LogP contribution is -2.51. The summed E-state index contributed by atoms with van der Waals surface area (Å²) in [5, 5.41) is 14.4. The number of aliphatic carboxylic acids is 1. The minimum atomic E-state index is -4.45. The van der Waals surface area contributed by atoms with Gasteiger partial charge >= 0.3 is 12.1 Å². The second-order valence-corrected chi connectivity index (χ2v) is 9.90. The van der Waals surface area contributed by atoms with Gasteiger partial charge in [-0.05, 0) is 60.5 Å². The zero-order chi connectivity index (χ0) is 26.8. The summed E-state index contributed by atoms with van der Waals surface area (Å²) in [7, 11) is 0. The first kappa shape index (κ1) is 26.8. The van der Waals surface area contributed by atoms with Crippen LogP contribution in [0.5, 0.6) is 5.75 Å². The Kier molecular flexibility index (Phi) is 7.69. The highest BCUT2D eigenvalue weighted by Crippen LogP contribution is 2.44. The van der Waals surface area contributed by atoms with E-state index in [2.05, 4.69) is 5.32 Å². The van der Waals surface area contributed by atoms with Crippen molar-refractivity contribution in [3.63, 3.8) is 0 Å². The number of alkyl halides is 3. The molecule has 0 bridgehead atoms. The van der Waals surface area contributed by atoms with Crippen LogP contribution >= 0.6 is 11.6 Å². The predicted molar refractivity (Wildman–Crippen MR) is 135 cm³/mol. The molecule has 0 saturated heterocycles. The number of amides is 1. The number of halogens is 4. The zero-order valence-electron chi connectivity index (χ0n) is 20.2. The molecule has 1 unspecified atom stereocenters. The van der Waals surface area contributed by atoms with Gasteiger partial charge in [-0.25, -0.2) is 4.79 Å². The summed E-state index contributed by atoms with van der Waals surface area (Å²) in [4.78, 5) is 25.7. The molecule has 0 spiro atoms. The summed E-state index contributed by atoms with van der Waals surface area (Å²) < 4.78 is 44.8. The SMILES string of the molecule is CCC1(C(NC(=O)c2ccc3ccc(Cl)cc3c2OCc2ccc(C(F)(F)F)cc2)C(=O)O)CCCC1. The number of rotatable bonds is 8. The monoisotopic (exact) mass is 533 g/mol. The summed E-state index contributed by atoms with van der Waals surface area (Å²) >= 11 is 6.21. The van der Waals surface area contributed by atoms with Crippen LogP contribution < -0.4 is 10.1 Å². The number of carboxylic acid groups (broad SMARTS) is 1. The fraction of sp³-hybridized carbons (Fsp3) is 0.357. The molecule has 5 nitrogen and oxygen atoms in total. The number of hydrogen-bond donors (Lipinski definition) is 2. The number of nitrogens with one attached hydrogen (secondary N) is 1. The Morgan fingerprint density at radius 1 is 1.08 bits per heavy atom. The maximum absolute atomic E-state index is 13.5. The van der Waals surface area contributed by atoms with Crippen LogP contribution in [0.25, 0.3) is 10.8 Å². The van der Waals surface area contributed by atoms with Crippen LogP contribution in [0.4, 0.5) is 13.2 Å². The minimum absolute atomic E-state index is 0.106. The van der Waals surface area contributed by atoms with Gasteiger partial charge in [0.25, 0.3) is 5.91 Å². The summed E-state index contributed by atoms with van der Waals surface area (Å²) in [5.74, 6) is -1.51. The minimum Gasteiger partial charge on any atom is -0.487 e. The molecule has 3 aromatic carbocycles. The summed E-state index contributed by atoms with van der Waals surface area (Å²) in [6.45, 7) is 1.83. The van der Waals surface area contributed by atoms with Crippen molar-refractivity contribution in [1.29, 1.82) is 0 Å². The molecule has 2 N–H and O–H groups in total. The van der Waals surface area contributed by atoms with Crippen molar-refractivity contribution in [3.05, 3.63) is 76.3 Å². The summed E-state index contributed by atoms with van der Waals surface area (Å²) in [5.41, 5.74) is -0.706. The molecule has 1 amide bonds. The fourth-order valence-corrected chi connectivity index (χ4v) is 5.33. The highest BCUT2D eigenvalue weighted by Gasteiger charge is 2.45. The number of carbonyl (C=O) groups excluding carboxylic acids is 1. The van der Waals surface area contributed by atoms with Crippen LogP contribution in [0.3, 0.4) is 0 Å². The summed E-state index contributed by atoms with van der Waals surface area (Å²) in [6.07, 6.45) is -0.592. The van der Waals surface area contributed by atoms with E-state index in [-0.39, 0.29) is 17.9 Å². The first-order valence-electron chi connectivity index (χ1n) is 12.1. The van der Waals surface area contributed by atoms with E-state index < -0.39 is 35.1 Å². The molecule has 1 atom stereocenters. The Morgan fingerprint density at radius 2 is 1.73 bits per heavy atom. The molecule has 3 aromatic rings. The van der Waals surface area contributed by atoms with E-state index in [0.29, 0.717) is 35.2 Å². The third kappa shape index (κ3) is 5.69. The Labute approximate surface area is 217 Å². The number of carbonyl (C=O) groups is 2. The second-order valence-electron chi connectivity index (χ2n) is 9.46. The van der Waals surface area contributed by atoms with Gasteiger partial charge in [-0.15, -0.1) is 0 Å². The van der Waals surface area contributed by atoms with Gasteiger partial charge < -0.3 is 15.2 Å². The molecule has 1 aliphatic carbocycles. The largest absolute Gasteiger partial charge is 0.487 e. The van der Waals surface area contributed by atoms with Gasteiger partial charge in [0.05, 0.1) is 11.1 Å². The van der Waals surface area contributed by atoms with Crippen LogP contribution in [0.15, 0.2) is 54.6 Å². The highest BCUT2D eigenvalue weighted by molar-refractivity contribution is 6.31. The molecule has 1 saturated carbocycles. The molecule has 1 fully saturated rings. The van der Waals surface area contributed by atoms with Crippen LogP contribution in [-0.2, 0) is 17.6 Å². The van der Waals surface area contributed by atoms with Gasteiger partial charge in [-0.2, -0.15) is 13.2 Å². The standard InChI is InChI=1S/C28H27ClF3NO4/c1-2-27(13-3-4-14-27)24(26(35)36)33-25(34)21-12-8-18-7-11-20(29)15-22(18)23(21)37-16-17-5-9-19(10-6-17)28(30,31)32/h5-12,15,24H,2-4,13-14,16H2,1H3,(H,33,34)(H,35,36). The van der Waals surface area contributed by atoms with Gasteiger partial charge in [0.2, 0.25) is 0 Å². The first-order valence-corrected chi connectivity index (χ1v) is 12.5. The Morgan fingerprint density at radius 3 is 2.32 bits per heavy atom. The van der Waals surface area contributed by atoms with E-state index >= 15 is 0 Å². The second kappa shape index (κ2) is 10.6. The van der Waals surface area contributed by atoms with Gasteiger partial charge in [-0.3, -0.25) is 4.79 Å². The molecule has 0 radical (unpaired) electrons. The molecule has 4 rings (SSSR count). The predicted octanol–water partition coefficient (Wildman–Crippen LogP) is 7.24. The van der Waals surface area contributed by atoms with Crippen molar-refractivity contribution in [2.24, 2.45) is 5.41 Å². The normalized spacial score (nSPS) is 15.9. The number of carboxylic acids is 1. The molecule has 1 aliphatic rings. The first-order chi connectivity index (χ1) is 17.5. The van der Waals surface area contributed by atoms with Gasteiger partial charge in [0.15, 0.2) is 0 Å². The van der Waals surface area contributed by atoms with Gasteiger partial charge in [0.1, 0.15) is 18.4 Å². The van der Waals surface area contributed by atoms with Gasteiger partial charge in [0, 0.05) is 15.8 Å². The third-order valence-corrected chi connectivity index (χ3v) is 7.52. The molecule has 37 heavy (non-hydrogen) atoms. The average Bonchev–Trinajstić information content (AvgIpc) is 3.35. The van der Waals surface area contributed by atoms with Crippen LogP contribution in [0.1, 0.15) is 60.5 Å². The molecule has 9 heteroatoms. The van der Waals surface area contributed by atoms with E-state index in [9.17, 15) is 27.9 Å². The van der Waals surface area contributed by atoms with E-state index in [1.807, 2.05) is 6.92 Å². The number of fused-ring (bicyclic) bond motifs is 1. The van der Waals surface area contributed by atoms with Crippen molar-refractivity contribution >= 4 is 34.2 Å². The van der Waals surface area contributed by atoms with Crippen LogP contribution in [-0.4, -0.2) is 23.0 Å². The van der Waals surface area contributed by atoms with Crippen LogP contribution in [0, 0.1) is 5.41 Å². The lowest BCUT2D eigenvalue weighted by atomic mass is 9.76. The fourth-order valence-electron chi connectivity index (χ4n) is 5.16. The zero-order valence-corrected chi connectivity index (χ0v) is 21.0. The van der Waals surface area contributed by atoms with Gasteiger partial charge in [-0.1, -0.05) is 55.6 Å². The van der Waals surface area contributed by atoms with Crippen molar-refractivity contribution in [2.75, 3.05) is 0 Å². The lowest BCUT2D eigenvalue weighted by molar-refractivity contribution is -0.143.